The molecule has 0 spiro atoms. The average molecular weight is 383 g/mol. The predicted molar refractivity (Wildman–Crippen MR) is 117 cm³/mol. The first-order chi connectivity index (χ1) is 12.5. The van der Waals surface area contributed by atoms with Crippen LogP contribution in [0.15, 0.2) is 30.3 Å². The summed E-state index contributed by atoms with van der Waals surface area (Å²) in [5.41, 5.74) is 3.38. The van der Waals surface area contributed by atoms with Gasteiger partial charge in [-0.2, -0.15) is 0 Å². The van der Waals surface area contributed by atoms with E-state index in [-0.39, 0.29) is 22.1 Å². The minimum atomic E-state index is -0.981. The number of carbonyl (C=O) groups is 1. The van der Waals surface area contributed by atoms with Crippen molar-refractivity contribution >= 4 is 5.97 Å². The van der Waals surface area contributed by atoms with Gasteiger partial charge < -0.3 is 10.2 Å². The van der Waals surface area contributed by atoms with Crippen LogP contribution in [-0.4, -0.2) is 16.2 Å². The normalized spacial score (nSPS) is 12.9. The molecule has 0 heterocycles. The Kier molecular flexibility index (Phi) is 5.46. The van der Waals surface area contributed by atoms with E-state index in [9.17, 15) is 15.0 Å². The molecule has 0 radical (unpaired) electrons. The summed E-state index contributed by atoms with van der Waals surface area (Å²) >= 11 is 0. The van der Waals surface area contributed by atoms with E-state index >= 15 is 0 Å². The molecule has 3 heteroatoms. The highest BCUT2D eigenvalue weighted by molar-refractivity contribution is 5.98. The van der Waals surface area contributed by atoms with E-state index in [1.165, 1.54) is 5.56 Å². The Morgan fingerprint density at radius 3 is 1.64 bits per heavy atom. The number of hydrogen-bond acceptors (Lipinski definition) is 2. The molecule has 0 saturated heterocycles. The van der Waals surface area contributed by atoms with Crippen LogP contribution >= 0.6 is 0 Å². The molecule has 0 aliphatic heterocycles. The molecule has 0 aromatic heterocycles. The Morgan fingerprint density at radius 1 is 0.786 bits per heavy atom. The van der Waals surface area contributed by atoms with Crippen LogP contribution in [0.5, 0.6) is 5.75 Å². The summed E-state index contributed by atoms with van der Waals surface area (Å²) in [5.74, 6) is -0.786. The zero-order valence-corrected chi connectivity index (χ0v) is 18.7. The van der Waals surface area contributed by atoms with Crippen molar-refractivity contribution in [1.82, 2.24) is 0 Å². The number of phenolic OH excluding ortho intramolecular Hbond substituents is 1. The van der Waals surface area contributed by atoms with Crippen molar-refractivity contribution < 1.29 is 15.0 Å². The Labute approximate surface area is 169 Å². The summed E-state index contributed by atoms with van der Waals surface area (Å²) < 4.78 is 0. The molecule has 0 amide bonds. The van der Waals surface area contributed by atoms with Crippen LogP contribution in [0.4, 0.5) is 0 Å². The molecule has 2 rings (SSSR count). The van der Waals surface area contributed by atoms with Gasteiger partial charge in [-0.25, -0.2) is 4.79 Å². The van der Waals surface area contributed by atoms with Gasteiger partial charge in [0.05, 0.1) is 5.56 Å². The fraction of sp³-hybridized carbons (Fsp3) is 0.480. The van der Waals surface area contributed by atoms with Crippen LogP contribution < -0.4 is 0 Å². The van der Waals surface area contributed by atoms with E-state index in [0.29, 0.717) is 16.7 Å². The lowest BCUT2D eigenvalue weighted by atomic mass is 9.74. The van der Waals surface area contributed by atoms with Crippen molar-refractivity contribution in [1.29, 1.82) is 0 Å². The van der Waals surface area contributed by atoms with Gasteiger partial charge >= 0.3 is 5.97 Å². The Bertz CT molecular complexity index is 884. The number of rotatable bonds is 2. The quantitative estimate of drug-likeness (QED) is 0.611. The second-order valence-corrected chi connectivity index (χ2v) is 10.7. The number of aromatic hydroxyl groups is 1. The second kappa shape index (κ2) is 6.95. The van der Waals surface area contributed by atoms with Gasteiger partial charge in [0, 0.05) is 16.7 Å². The zero-order chi connectivity index (χ0) is 21.7. The van der Waals surface area contributed by atoms with Crippen LogP contribution in [0.25, 0.3) is 11.1 Å². The number of benzene rings is 2. The van der Waals surface area contributed by atoms with E-state index in [1.807, 2.05) is 65.8 Å². The lowest BCUT2D eigenvalue weighted by Crippen LogP contribution is -2.21. The molecule has 3 nitrogen and oxygen atoms in total. The first kappa shape index (κ1) is 22.0. The van der Waals surface area contributed by atoms with Gasteiger partial charge in [0.1, 0.15) is 5.75 Å². The first-order valence-electron chi connectivity index (χ1n) is 9.80. The molecule has 2 N–H and O–H groups in total. The van der Waals surface area contributed by atoms with E-state index in [1.54, 1.807) is 6.07 Å². The summed E-state index contributed by atoms with van der Waals surface area (Å²) in [6.07, 6.45) is 0. The average Bonchev–Trinajstić information content (AvgIpc) is 2.50. The van der Waals surface area contributed by atoms with Crippen LogP contribution in [0.3, 0.4) is 0 Å². The minimum absolute atomic E-state index is 0.0131. The molecule has 0 aliphatic rings. The van der Waals surface area contributed by atoms with E-state index in [4.69, 9.17) is 0 Å². The number of phenols is 1. The van der Waals surface area contributed by atoms with Crippen molar-refractivity contribution in [3.8, 4) is 16.9 Å². The van der Waals surface area contributed by atoms with Crippen LogP contribution in [0, 0.1) is 0 Å². The van der Waals surface area contributed by atoms with Gasteiger partial charge in [-0.1, -0.05) is 86.6 Å². The van der Waals surface area contributed by atoms with Gasteiger partial charge in [-0.05, 0) is 33.4 Å². The van der Waals surface area contributed by atoms with Crippen molar-refractivity contribution in [3.63, 3.8) is 0 Å². The topological polar surface area (TPSA) is 57.5 Å². The van der Waals surface area contributed by atoms with Crippen molar-refractivity contribution in [2.45, 2.75) is 78.6 Å². The first-order valence-corrected chi connectivity index (χ1v) is 9.80. The highest BCUT2D eigenvalue weighted by Crippen LogP contribution is 2.46. The molecule has 0 bridgehead atoms. The molecule has 152 valence electrons. The van der Waals surface area contributed by atoms with Gasteiger partial charge in [0.25, 0.3) is 0 Å². The van der Waals surface area contributed by atoms with Crippen LogP contribution in [0.2, 0.25) is 0 Å². The molecule has 0 aliphatic carbocycles. The lowest BCUT2D eigenvalue weighted by molar-refractivity contribution is 0.0697. The third-order valence-corrected chi connectivity index (χ3v) is 5.13. The fourth-order valence-electron chi connectivity index (χ4n) is 3.58. The number of carboxylic acid groups (broad SMARTS) is 1. The molecular weight excluding hydrogens is 348 g/mol. The van der Waals surface area contributed by atoms with Crippen molar-refractivity contribution in [3.05, 3.63) is 52.6 Å². The number of carboxylic acids is 1. The Hall–Kier alpha value is -2.29. The third kappa shape index (κ3) is 4.24. The molecule has 2 aromatic rings. The largest absolute Gasteiger partial charge is 0.507 e. The van der Waals surface area contributed by atoms with Crippen LogP contribution in [-0.2, 0) is 16.2 Å². The minimum Gasteiger partial charge on any atom is -0.507 e. The van der Waals surface area contributed by atoms with Crippen LogP contribution in [0.1, 0.15) is 89.4 Å². The predicted octanol–water partition coefficient (Wildman–Crippen LogP) is 6.65. The van der Waals surface area contributed by atoms with Gasteiger partial charge in [0.15, 0.2) is 0 Å². The summed E-state index contributed by atoms with van der Waals surface area (Å²) in [7, 11) is 0. The summed E-state index contributed by atoms with van der Waals surface area (Å²) in [6, 6.07) is 9.66. The summed E-state index contributed by atoms with van der Waals surface area (Å²) in [5, 5.41) is 21.2. The lowest BCUT2D eigenvalue weighted by Gasteiger charge is -2.31. The van der Waals surface area contributed by atoms with E-state index < -0.39 is 11.4 Å². The molecule has 0 unspecified atom stereocenters. The monoisotopic (exact) mass is 382 g/mol. The number of aromatic carboxylic acids is 1. The second-order valence-electron chi connectivity index (χ2n) is 10.7. The zero-order valence-electron chi connectivity index (χ0n) is 18.7. The van der Waals surface area contributed by atoms with Gasteiger partial charge in [-0.3, -0.25) is 0 Å². The molecule has 0 fully saturated rings. The summed E-state index contributed by atoms with van der Waals surface area (Å²) in [4.78, 5) is 12.2. The fourth-order valence-corrected chi connectivity index (χ4v) is 3.58. The molecule has 2 aromatic carbocycles. The maximum absolute atomic E-state index is 12.2. The molecular formula is C25H34O3. The maximum atomic E-state index is 12.2. The maximum Gasteiger partial charge on any atom is 0.336 e. The molecule has 28 heavy (non-hydrogen) atoms. The summed E-state index contributed by atoms with van der Waals surface area (Å²) in [6.45, 7) is 18.4. The van der Waals surface area contributed by atoms with E-state index in [0.717, 1.165) is 5.56 Å². The van der Waals surface area contributed by atoms with E-state index in [2.05, 4.69) is 20.8 Å². The van der Waals surface area contributed by atoms with Gasteiger partial charge in [0.2, 0.25) is 0 Å². The highest BCUT2D eigenvalue weighted by atomic mass is 16.4. The standard InChI is InChI=1S/C25H34O3/c1-23(2,3)16-12-10-15(11-13-16)19-17(22(27)28)14-18(24(4,5)6)21(26)20(19)25(7,8)9/h10-14,26H,1-9H3,(H,27,28). The van der Waals surface area contributed by atoms with Gasteiger partial charge in [-0.15, -0.1) is 0 Å². The Balaban J connectivity index is 2.93. The SMILES string of the molecule is CC(C)(C)c1ccc(-c2c(C(=O)O)cc(C(C)(C)C)c(O)c2C(C)(C)C)cc1. The Morgan fingerprint density at radius 2 is 1.29 bits per heavy atom. The molecule has 0 atom stereocenters. The van der Waals surface area contributed by atoms with Crippen molar-refractivity contribution in [2.24, 2.45) is 0 Å². The number of hydrogen-bond donors (Lipinski definition) is 2. The molecule has 0 saturated carbocycles. The third-order valence-electron chi connectivity index (χ3n) is 5.13. The highest BCUT2D eigenvalue weighted by Gasteiger charge is 2.32. The van der Waals surface area contributed by atoms with Crippen molar-refractivity contribution in [2.75, 3.05) is 0 Å². The smallest absolute Gasteiger partial charge is 0.336 e.